The van der Waals surface area contributed by atoms with E-state index in [1.807, 2.05) is 0 Å². The third-order valence-electron chi connectivity index (χ3n) is 7.11. The van der Waals surface area contributed by atoms with Crippen molar-refractivity contribution in [3.63, 3.8) is 0 Å². The lowest BCUT2D eigenvalue weighted by atomic mass is 9.47. The monoisotopic (exact) mass is 310 g/mol. The molecule has 0 heterocycles. The number of ketones is 1. The van der Waals surface area contributed by atoms with E-state index in [1.165, 1.54) is 25.7 Å². The lowest BCUT2D eigenvalue weighted by molar-refractivity contribution is -0.150. The van der Waals surface area contributed by atoms with E-state index in [1.54, 1.807) is 0 Å². The summed E-state index contributed by atoms with van der Waals surface area (Å²) in [4.78, 5) is 12.3. The van der Waals surface area contributed by atoms with Crippen molar-refractivity contribution in [1.82, 2.24) is 0 Å². The van der Waals surface area contributed by atoms with Crippen LogP contribution in [0.5, 0.6) is 0 Å². The second-order valence-corrected chi connectivity index (χ2v) is 9.54. The van der Waals surface area contributed by atoms with Gasteiger partial charge in [0.1, 0.15) is 16.3 Å². The van der Waals surface area contributed by atoms with Crippen molar-refractivity contribution in [3.8, 4) is 0 Å². The number of hydrogen-bond donors (Lipinski definition) is 0. The van der Waals surface area contributed by atoms with Crippen LogP contribution < -0.4 is 0 Å². The van der Waals surface area contributed by atoms with E-state index >= 15 is 0 Å². The summed E-state index contributed by atoms with van der Waals surface area (Å²) in [5.74, 6) is 1.45. The molecule has 2 unspecified atom stereocenters. The van der Waals surface area contributed by atoms with Crippen LogP contribution in [0.15, 0.2) is 0 Å². The van der Waals surface area contributed by atoms with Gasteiger partial charge in [0.2, 0.25) is 0 Å². The molecule has 0 aromatic carbocycles. The van der Waals surface area contributed by atoms with Crippen LogP contribution in [0, 0.1) is 28.1 Å². The minimum absolute atomic E-state index is 0.0485. The smallest absolute Gasteiger partial charge is 0.145 e. The quantitative estimate of drug-likeness (QED) is 0.730. The van der Waals surface area contributed by atoms with Crippen LogP contribution in [-0.4, -0.2) is 22.9 Å². The zero-order valence-corrected chi connectivity index (χ0v) is 16.9. The van der Waals surface area contributed by atoms with Gasteiger partial charge in [0.25, 0.3) is 0 Å². The molecule has 2 aliphatic carbocycles. The van der Waals surface area contributed by atoms with Crippen molar-refractivity contribution in [3.05, 3.63) is 0 Å². The molecule has 0 bridgehead atoms. The van der Waals surface area contributed by atoms with Gasteiger partial charge in [-0.05, 0) is 48.9 Å². The van der Waals surface area contributed by atoms with Gasteiger partial charge in [-0.25, -0.2) is 0 Å². The maximum absolute atomic E-state index is 12.3. The van der Waals surface area contributed by atoms with Gasteiger partial charge in [-0.3, -0.25) is 4.79 Å². The summed E-state index contributed by atoms with van der Waals surface area (Å²) >= 11 is 0. The standard InChI is InChI=1S/C18H34O2Si/c1-13-15(19)8-11-18(17(13,5)12-20-21)9-6-14(7-10-18)16(2,3)4/h13-14H,6-12H2,1-5,21H3. The molecule has 3 heteroatoms. The topological polar surface area (TPSA) is 26.3 Å². The fourth-order valence-electron chi connectivity index (χ4n) is 5.11. The Morgan fingerprint density at radius 2 is 1.81 bits per heavy atom. The van der Waals surface area contributed by atoms with Crippen LogP contribution >= 0.6 is 0 Å². The highest BCUT2D eigenvalue weighted by molar-refractivity contribution is 5.98. The Balaban J connectivity index is 2.23. The zero-order valence-electron chi connectivity index (χ0n) is 14.9. The molecule has 2 rings (SSSR count). The first-order valence-corrected chi connectivity index (χ1v) is 9.50. The van der Waals surface area contributed by atoms with E-state index in [2.05, 4.69) is 34.6 Å². The van der Waals surface area contributed by atoms with Crippen LogP contribution in [0.25, 0.3) is 0 Å². The minimum atomic E-state index is 0.0485. The molecule has 2 saturated carbocycles. The first kappa shape index (κ1) is 17.2. The number of hydrogen-bond acceptors (Lipinski definition) is 2. The second-order valence-electron chi connectivity index (χ2n) is 8.96. The first-order valence-electron chi connectivity index (χ1n) is 8.68. The fourth-order valence-corrected chi connectivity index (χ4v) is 5.71. The maximum Gasteiger partial charge on any atom is 0.145 e. The molecular formula is C18H34O2Si. The van der Waals surface area contributed by atoms with Crippen LogP contribution in [0.2, 0.25) is 0 Å². The van der Waals surface area contributed by atoms with Gasteiger partial charge in [-0.1, -0.05) is 34.6 Å². The van der Waals surface area contributed by atoms with E-state index in [0.29, 0.717) is 16.6 Å². The van der Waals surface area contributed by atoms with E-state index in [0.717, 1.165) is 35.9 Å². The Morgan fingerprint density at radius 1 is 1.24 bits per heavy atom. The van der Waals surface area contributed by atoms with Crippen LogP contribution in [0.1, 0.15) is 73.1 Å². The summed E-state index contributed by atoms with van der Waals surface area (Å²) < 4.78 is 5.71. The number of carbonyl (C=O) groups excluding carboxylic acids is 1. The van der Waals surface area contributed by atoms with Crippen molar-refractivity contribution >= 4 is 16.3 Å². The summed E-state index contributed by atoms with van der Waals surface area (Å²) in [6.45, 7) is 12.4. The van der Waals surface area contributed by atoms with Gasteiger partial charge < -0.3 is 4.43 Å². The van der Waals surface area contributed by atoms with Crippen molar-refractivity contribution < 1.29 is 9.22 Å². The first-order chi connectivity index (χ1) is 9.66. The summed E-state index contributed by atoms with van der Waals surface area (Å²) in [5, 5.41) is 0. The molecule has 0 amide bonds. The molecule has 122 valence electrons. The van der Waals surface area contributed by atoms with Gasteiger partial charge in [0.05, 0.1) is 0 Å². The maximum atomic E-state index is 12.3. The Labute approximate surface area is 134 Å². The summed E-state index contributed by atoms with van der Waals surface area (Å²) in [5.41, 5.74) is 0.807. The van der Waals surface area contributed by atoms with E-state index in [9.17, 15) is 4.79 Å². The van der Waals surface area contributed by atoms with Crippen molar-refractivity contribution in [2.24, 2.45) is 28.1 Å². The molecule has 2 fully saturated rings. The number of Topliss-reactive ketones (excluding diaryl/α,β-unsaturated/α-hetero) is 1. The third kappa shape index (κ3) is 2.88. The molecule has 2 atom stereocenters. The van der Waals surface area contributed by atoms with E-state index in [-0.39, 0.29) is 11.3 Å². The average Bonchev–Trinajstić information content (AvgIpc) is 2.42. The predicted octanol–water partition coefficient (Wildman–Crippen LogP) is 3.51. The molecule has 0 aromatic rings. The molecular weight excluding hydrogens is 276 g/mol. The third-order valence-corrected chi connectivity index (χ3v) is 7.40. The highest BCUT2D eigenvalue weighted by Crippen LogP contribution is 2.61. The number of rotatable bonds is 2. The number of carbonyl (C=O) groups is 1. The lowest BCUT2D eigenvalue weighted by Gasteiger charge is -2.58. The zero-order chi connectivity index (χ0) is 15.9. The minimum Gasteiger partial charge on any atom is -0.427 e. The predicted molar refractivity (Wildman–Crippen MR) is 91.2 cm³/mol. The molecule has 2 aliphatic rings. The van der Waals surface area contributed by atoms with Crippen LogP contribution in [-0.2, 0) is 9.22 Å². The molecule has 2 nitrogen and oxygen atoms in total. The van der Waals surface area contributed by atoms with Crippen molar-refractivity contribution in [1.29, 1.82) is 0 Å². The van der Waals surface area contributed by atoms with Crippen molar-refractivity contribution in [2.75, 3.05) is 6.61 Å². The SMILES string of the molecule is CC1C(=O)CCC2(CCC(C(C)(C)C)CC2)C1(C)CO[SiH3]. The molecule has 0 saturated heterocycles. The highest BCUT2D eigenvalue weighted by atomic mass is 28.2. The van der Waals surface area contributed by atoms with E-state index in [4.69, 9.17) is 4.43 Å². The second kappa shape index (κ2) is 5.81. The molecule has 0 aromatic heterocycles. The Hall–Kier alpha value is -0.153. The Kier molecular flexibility index (Phi) is 4.76. The summed E-state index contributed by atoms with van der Waals surface area (Å²) in [6, 6.07) is 0. The normalized spacial score (nSPS) is 41.7. The largest absolute Gasteiger partial charge is 0.427 e. The van der Waals surface area contributed by atoms with Crippen LogP contribution in [0.3, 0.4) is 0 Å². The van der Waals surface area contributed by atoms with Gasteiger partial charge in [0, 0.05) is 24.4 Å². The average molecular weight is 311 g/mol. The van der Waals surface area contributed by atoms with Crippen LogP contribution in [0.4, 0.5) is 0 Å². The Bertz CT molecular complexity index is 391. The molecule has 21 heavy (non-hydrogen) atoms. The fraction of sp³-hybridized carbons (Fsp3) is 0.944. The van der Waals surface area contributed by atoms with E-state index < -0.39 is 0 Å². The molecule has 1 spiro atoms. The van der Waals surface area contributed by atoms with Gasteiger partial charge in [0.15, 0.2) is 0 Å². The Morgan fingerprint density at radius 3 is 2.29 bits per heavy atom. The summed E-state index contributed by atoms with van der Waals surface area (Å²) in [7, 11) is 0.771. The summed E-state index contributed by atoms with van der Waals surface area (Å²) in [6.07, 6.45) is 7.09. The lowest BCUT2D eigenvalue weighted by Crippen LogP contribution is -2.55. The molecule has 0 radical (unpaired) electrons. The van der Waals surface area contributed by atoms with Crippen molar-refractivity contribution in [2.45, 2.75) is 73.1 Å². The van der Waals surface area contributed by atoms with Gasteiger partial charge in [-0.15, -0.1) is 0 Å². The molecule has 0 N–H and O–H groups in total. The highest BCUT2D eigenvalue weighted by Gasteiger charge is 2.56. The molecule has 0 aliphatic heterocycles. The van der Waals surface area contributed by atoms with Gasteiger partial charge >= 0.3 is 0 Å². The van der Waals surface area contributed by atoms with Gasteiger partial charge in [-0.2, -0.15) is 0 Å².